The van der Waals surface area contributed by atoms with Crippen molar-refractivity contribution in [3.8, 4) is 5.88 Å². The summed E-state index contributed by atoms with van der Waals surface area (Å²) in [4.78, 5) is 4.16. The molecule has 1 fully saturated rings. The Labute approximate surface area is 96.4 Å². The molecule has 2 rings (SSSR count). The number of rotatable bonds is 4. The van der Waals surface area contributed by atoms with Gasteiger partial charge in [0, 0.05) is 18.8 Å². The summed E-state index contributed by atoms with van der Waals surface area (Å²) in [5.74, 6) is 0.665. The van der Waals surface area contributed by atoms with Gasteiger partial charge in [-0.15, -0.1) is 0 Å². The molecule has 1 aromatic heterocycles. The summed E-state index contributed by atoms with van der Waals surface area (Å²) in [6.45, 7) is 2.07. The van der Waals surface area contributed by atoms with E-state index in [1.54, 1.807) is 13.3 Å². The lowest BCUT2D eigenvalue weighted by Gasteiger charge is -2.24. The van der Waals surface area contributed by atoms with Crippen LogP contribution in [0.15, 0.2) is 18.3 Å². The van der Waals surface area contributed by atoms with Crippen molar-refractivity contribution in [3.05, 3.63) is 18.3 Å². The van der Waals surface area contributed by atoms with Crippen LogP contribution in [0, 0.1) is 0 Å². The minimum Gasteiger partial charge on any atom is -0.480 e. The third-order valence-corrected chi connectivity index (χ3v) is 2.92. The normalized spacial score (nSPS) is 20.4. The number of hydrogen-bond donors (Lipinski definition) is 2. The predicted molar refractivity (Wildman–Crippen MR) is 64.9 cm³/mol. The van der Waals surface area contributed by atoms with Crippen molar-refractivity contribution in [1.82, 2.24) is 10.3 Å². The van der Waals surface area contributed by atoms with E-state index in [1.807, 2.05) is 12.1 Å². The Morgan fingerprint density at radius 2 is 2.50 bits per heavy atom. The highest BCUT2D eigenvalue weighted by molar-refractivity contribution is 5.52. The second-order valence-electron chi connectivity index (χ2n) is 4.09. The Morgan fingerprint density at radius 1 is 1.56 bits per heavy atom. The minimum atomic E-state index is 0.568. The van der Waals surface area contributed by atoms with E-state index < -0.39 is 0 Å². The molecule has 4 heteroatoms. The van der Waals surface area contributed by atoms with Gasteiger partial charge in [0.05, 0.1) is 12.8 Å². The Morgan fingerprint density at radius 3 is 3.25 bits per heavy atom. The van der Waals surface area contributed by atoms with Crippen LogP contribution in [0.3, 0.4) is 0 Å². The largest absolute Gasteiger partial charge is 0.480 e. The number of nitrogens with zero attached hydrogens (tertiary/aromatic N) is 1. The maximum absolute atomic E-state index is 5.19. The molecule has 0 bridgehead atoms. The van der Waals surface area contributed by atoms with Crippen LogP contribution in [-0.4, -0.2) is 31.2 Å². The SMILES string of the molecule is COc1ncccc1NCC1CCCCN1. The van der Waals surface area contributed by atoms with E-state index in [9.17, 15) is 0 Å². The van der Waals surface area contributed by atoms with E-state index in [-0.39, 0.29) is 0 Å². The van der Waals surface area contributed by atoms with E-state index in [0.717, 1.165) is 18.8 Å². The number of nitrogens with one attached hydrogen (secondary N) is 2. The second-order valence-corrected chi connectivity index (χ2v) is 4.09. The van der Waals surface area contributed by atoms with Gasteiger partial charge in [0.25, 0.3) is 0 Å². The molecule has 1 aromatic rings. The Hall–Kier alpha value is -1.29. The summed E-state index contributed by atoms with van der Waals surface area (Å²) in [5.41, 5.74) is 0.970. The monoisotopic (exact) mass is 221 g/mol. The standard InChI is InChI=1S/C12H19N3O/c1-16-12-11(6-4-8-14-12)15-9-10-5-2-3-7-13-10/h4,6,8,10,13,15H,2-3,5,7,9H2,1H3. The highest BCUT2D eigenvalue weighted by Crippen LogP contribution is 2.20. The molecule has 0 spiro atoms. The van der Waals surface area contributed by atoms with Crippen molar-refractivity contribution in [3.63, 3.8) is 0 Å². The first-order chi connectivity index (χ1) is 7.90. The van der Waals surface area contributed by atoms with Crippen LogP contribution in [0.25, 0.3) is 0 Å². The lowest BCUT2D eigenvalue weighted by Crippen LogP contribution is -2.39. The molecule has 4 nitrogen and oxygen atoms in total. The quantitative estimate of drug-likeness (QED) is 0.811. The third kappa shape index (κ3) is 2.85. The van der Waals surface area contributed by atoms with Gasteiger partial charge >= 0.3 is 0 Å². The molecule has 1 unspecified atom stereocenters. The zero-order valence-corrected chi connectivity index (χ0v) is 9.70. The number of pyridine rings is 1. The highest BCUT2D eigenvalue weighted by atomic mass is 16.5. The Balaban J connectivity index is 1.88. The van der Waals surface area contributed by atoms with E-state index in [0.29, 0.717) is 11.9 Å². The van der Waals surface area contributed by atoms with E-state index >= 15 is 0 Å². The van der Waals surface area contributed by atoms with Gasteiger partial charge in [-0.25, -0.2) is 4.98 Å². The van der Waals surface area contributed by atoms with Crippen LogP contribution in [0.2, 0.25) is 0 Å². The summed E-state index contributed by atoms with van der Waals surface area (Å²) < 4.78 is 5.19. The smallest absolute Gasteiger partial charge is 0.237 e. The van der Waals surface area contributed by atoms with E-state index in [1.165, 1.54) is 19.3 Å². The van der Waals surface area contributed by atoms with Crippen LogP contribution in [0.5, 0.6) is 5.88 Å². The van der Waals surface area contributed by atoms with Gasteiger partial charge in [0.15, 0.2) is 0 Å². The molecule has 1 atom stereocenters. The van der Waals surface area contributed by atoms with Crippen LogP contribution in [0.4, 0.5) is 5.69 Å². The molecule has 2 heterocycles. The van der Waals surface area contributed by atoms with Gasteiger partial charge in [-0.05, 0) is 31.5 Å². The molecule has 16 heavy (non-hydrogen) atoms. The molecule has 0 saturated carbocycles. The van der Waals surface area contributed by atoms with Crippen molar-refractivity contribution in [2.24, 2.45) is 0 Å². The van der Waals surface area contributed by atoms with Gasteiger partial charge in [0.1, 0.15) is 0 Å². The van der Waals surface area contributed by atoms with E-state index in [4.69, 9.17) is 4.74 Å². The topological polar surface area (TPSA) is 46.2 Å². The van der Waals surface area contributed by atoms with Gasteiger partial charge in [-0.3, -0.25) is 0 Å². The Kier molecular flexibility index (Phi) is 3.99. The zero-order valence-electron chi connectivity index (χ0n) is 9.70. The van der Waals surface area contributed by atoms with Crippen LogP contribution >= 0.6 is 0 Å². The lowest BCUT2D eigenvalue weighted by atomic mass is 10.1. The lowest BCUT2D eigenvalue weighted by molar-refractivity contribution is 0.396. The molecule has 88 valence electrons. The Bertz CT molecular complexity index is 324. The third-order valence-electron chi connectivity index (χ3n) is 2.92. The average molecular weight is 221 g/mol. The summed E-state index contributed by atoms with van der Waals surface area (Å²) in [6.07, 6.45) is 5.61. The predicted octanol–water partition coefficient (Wildman–Crippen LogP) is 1.64. The average Bonchev–Trinajstić information content (AvgIpc) is 2.38. The van der Waals surface area contributed by atoms with Gasteiger partial charge in [-0.1, -0.05) is 6.42 Å². The molecule has 1 aliphatic rings. The molecular weight excluding hydrogens is 202 g/mol. The molecule has 1 aliphatic heterocycles. The summed E-state index contributed by atoms with van der Waals surface area (Å²) >= 11 is 0. The molecule has 1 saturated heterocycles. The number of piperidine rings is 1. The zero-order chi connectivity index (χ0) is 11.2. The number of aromatic nitrogens is 1. The fourth-order valence-corrected chi connectivity index (χ4v) is 2.02. The van der Waals surface area contributed by atoms with Crippen LogP contribution in [0.1, 0.15) is 19.3 Å². The maximum atomic E-state index is 5.19. The van der Waals surface area contributed by atoms with E-state index in [2.05, 4.69) is 15.6 Å². The highest BCUT2D eigenvalue weighted by Gasteiger charge is 2.12. The minimum absolute atomic E-state index is 0.568. The fourth-order valence-electron chi connectivity index (χ4n) is 2.02. The molecule has 0 radical (unpaired) electrons. The number of anilines is 1. The molecule has 0 aromatic carbocycles. The number of ether oxygens (including phenoxy) is 1. The maximum Gasteiger partial charge on any atom is 0.237 e. The van der Waals surface area contributed by atoms with Crippen molar-refractivity contribution >= 4 is 5.69 Å². The summed E-state index contributed by atoms with van der Waals surface area (Å²) in [6, 6.07) is 4.48. The van der Waals surface area contributed by atoms with Crippen molar-refractivity contribution in [2.45, 2.75) is 25.3 Å². The summed E-state index contributed by atoms with van der Waals surface area (Å²) in [7, 11) is 1.65. The van der Waals surface area contributed by atoms with Crippen molar-refractivity contribution in [1.29, 1.82) is 0 Å². The van der Waals surface area contributed by atoms with Crippen molar-refractivity contribution in [2.75, 3.05) is 25.5 Å². The molecule has 0 amide bonds. The van der Waals surface area contributed by atoms with Gasteiger partial charge in [0.2, 0.25) is 5.88 Å². The first-order valence-corrected chi connectivity index (χ1v) is 5.86. The molecule has 0 aliphatic carbocycles. The summed E-state index contributed by atoms with van der Waals surface area (Å²) in [5, 5.41) is 6.89. The molecule has 2 N–H and O–H groups in total. The second kappa shape index (κ2) is 5.70. The van der Waals surface area contributed by atoms with Crippen LogP contribution < -0.4 is 15.4 Å². The number of hydrogen-bond acceptors (Lipinski definition) is 4. The van der Waals surface area contributed by atoms with Crippen LogP contribution in [-0.2, 0) is 0 Å². The first-order valence-electron chi connectivity index (χ1n) is 5.86. The number of methoxy groups -OCH3 is 1. The molecular formula is C12H19N3O. The van der Waals surface area contributed by atoms with Gasteiger partial charge < -0.3 is 15.4 Å². The fraction of sp³-hybridized carbons (Fsp3) is 0.583. The van der Waals surface area contributed by atoms with Crippen molar-refractivity contribution < 1.29 is 4.74 Å². The van der Waals surface area contributed by atoms with Gasteiger partial charge in [-0.2, -0.15) is 0 Å². The first kappa shape index (κ1) is 11.2.